The lowest BCUT2D eigenvalue weighted by atomic mass is 10.2. The molecule has 2 aromatic carbocycles. The van der Waals surface area contributed by atoms with E-state index in [2.05, 4.69) is 0 Å². The van der Waals surface area contributed by atoms with Crippen molar-refractivity contribution in [3.63, 3.8) is 0 Å². The number of carbonyl (C=O) groups excluding carboxylic acids is 2. The molecule has 0 radical (unpaired) electrons. The fourth-order valence-electron chi connectivity index (χ4n) is 2.91. The van der Waals surface area contributed by atoms with Gasteiger partial charge in [-0.1, -0.05) is 17.7 Å². The first-order chi connectivity index (χ1) is 13.0. The molecule has 3 rings (SSSR count). The maximum absolute atomic E-state index is 12.9. The summed E-state index contributed by atoms with van der Waals surface area (Å²) in [6, 6.07) is 13.2. The van der Waals surface area contributed by atoms with Gasteiger partial charge in [0.25, 0.3) is 5.91 Å². The molecule has 0 aromatic heterocycles. The first kappa shape index (κ1) is 19.7. The molecule has 2 amide bonds. The smallest absolute Gasteiger partial charge is 0.254 e. The highest BCUT2D eigenvalue weighted by atomic mass is 35.5. The standard InChI is InChI=1S/C20H20ClFN2O2S/c21-16-3-1-2-15(14-16)20(26)24-11-9-23(10-12-24)19(25)8-13-27-18-6-4-17(22)5-7-18/h1-7,14H,8-13H2. The van der Waals surface area contributed by atoms with Gasteiger partial charge in [-0.3, -0.25) is 9.59 Å². The number of benzene rings is 2. The predicted octanol–water partition coefficient (Wildman–Crippen LogP) is 3.95. The van der Waals surface area contributed by atoms with Gasteiger partial charge in [0, 0.05) is 53.8 Å². The molecule has 0 aliphatic carbocycles. The van der Waals surface area contributed by atoms with Crippen LogP contribution in [0.2, 0.25) is 5.02 Å². The van der Waals surface area contributed by atoms with Gasteiger partial charge in [-0.25, -0.2) is 4.39 Å². The Morgan fingerprint density at radius 1 is 1.00 bits per heavy atom. The molecule has 1 aliphatic heterocycles. The number of halogens is 2. The third-order valence-electron chi connectivity index (χ3n) is 4.39. The largest absolute Gasteiger partial charge is 0.339 e. The number of nitrogens with zero attached hydrogens (tertiary/aromatic N) is 2. The van der Waals surface area contributed by atoms with Gasteiger partial charge in [-0.15, -0.1) is 11.8 Å². The lowest BCUT2D eigenvalue weighted by Crippen LogP contribution is -2.50. The van der Waals surface area contributed by atoms with E-state index >= 15 is 0 Å². The molecule has 0 bridgehead atoms. The van der Waals surface area contributed by atoms with E-state index < -0.39 is 0 Å². The molecule has 2 aromatic rings. The highest BCUT2D eigenvalue weighted by Crippen LogP contribution is 2.20. The summed E-state index contributed by atoms with van der Waals surface area (Å²) in [6.45, 7) is 2.10. The van der Waals surface area contributed by atoms with Crippen LogP contribution in [-0.2, 0) is 4.79 Å². The highest BCUT2D eigenvalue weighted by molar-refractivity contribution is 7.99. The lowest BCUT2D eigenvalue weighted by Gasteiger charge is -2.35. The summed E-state index contributed by atoms with van der Waals surface area (Å²) in [6.07, 6.45) is 0.421. The molecule has 142 valence electrons. The molecule has 4 nitrogen and oxygen atoms in total. The Hall–Kier alpha value is -2.05. The molecular formula is C20H20ClFN2O2S. The maximum Gasteiger partial charge on any atom is 0.254 e. The fourth-order valence-corrected chi connectivity index (χ4v) is 3.94. The maximum atomic E-state index is 12.9. The van der Waals surface area contributed by atoms with Gasteiger partial charge in [0.05, 0.1) is 0 Å². The Labute approximate surface area is 167 Å². The molecule has 0 saturated carbocycles. The number of thioether (sulfide) groups is 1. The average Bonchev–Trinajstić information content (AvgIpc) is 2.69. The summed E-state index contributed by atoms with van der Waals surface area (Å²) in [5, 5.41) is 0.535. The van der Waals surface area contributed by atoms with Gasteiger partial charge < -0.3 is 9.80 Å². The van der Waals surface area contributed by atoms with Crippen LogP contribution in [-0.4, -0.2) is 53.5 Å². The molecule has 0 N–H and O–H groups in total. The van der Waals surface area contributed by atoms with E-state index in [9.17, 15) is 14.0 Å². The van der Waals surface area contributed by atoms with Crippen LogP contribution >= 0.6 is 23.4 Å². The van der Waals surface area contributed by atoms with Crippen LogP contribution < -0.4 is 0 Å². The van der Waals surface area contributed by atoms with Crippen LogP contribution in [0.25, 0.3) is 0 Å². The number of rotatable bonds is 5. The van der Waals surface area contributed by atoms with E-state index in [-0.39, 0.29) is 17.6 Å². The monoisotopic (exact) mass is 406 g/mol. The SMILES string of the molecule is O=C(CCSc1ccc(F)cc1)N1CCN(C(=O)c2cccc(Cl)c2)CC1. The van der Waals surface area contributed by atoms with Crippen molar-refractivity contribution in [1.29, 1.82) is 0 Å². The van der Waals surface area contributed by atoms with Crippen LogP contribution in [0.15, 0.2) is 53.4 Å². The summed E-state index contributed by atoms with van der Waals surface area (Å²) in [7, 11) is 0. The van der Waals surface area contributed by atoms with Crippen molar-refractivity contribution in [2.75, 3.05) is 31.9 Å². The topological polar surface area (TPSA) is 40.6 Å². The van der Waals surface area contributed by atoms with Crippen molar-refractivity contribution in [3.05, 3.63) is 64.9 Å². The summed E-state index contributed by atoms with van der Waals surface area (Å²) in [5.41, 5.74) is 0.568. The zero-order valence-electron chi connectivity index (χ0n) is 14.7. The molecule has 27 heavy (non-hydrogen) atoms. The van der Waals surface area contributed by atoms with E-state index in [1.165, 1.54) is 23.9 Å². The molecular weight excluding hydrogens is 387 g/mol. The van der Waals surface area contributed by atoms with Gasteiger partial charge in [0.1, 0.15) is 5.82 Å². The molecule has 0 unspecified atom stereocenters. The number of piperazine rings is 1. The quantitative estimate of drug-likeness (QED) is 0.706. The van der Waals surface area contributed by atoms with Gasteiger partial charge >= 0.3 is 0 Å². The Morgan fingerprint density at radius 3 is 2.33 bits per heavy atom. The predicted molar refractivity (Wildman–Crippen MR) is 106 cm³/mol. The Bertz CT molecular complexity index is 808. The number of amides is 2. The number of hydrogen-bond donors (Lipinski definition) is 0. The minimum absolute atomic E-state index is 0.0588. The van der Waals surface area contributed by atoms with Crippen LogP contribution in [0.4, 0.5) is 4.39 Å². The Morgan fingerprint density at radius 2 is 1.67 bits per heavy atom. The van der Waals surface area contributed by atoms with E-state index in [0.29, 0.717) is 48.9 Å². The average molecular weight is 407 g/mol. The first-order valence-electron chi connectivity index (χ1n) is 8.74. The first-order valence-corrected chi connectivity index (χ1v) is 10.1. The third kappa shape index (κ3) is 5.47. The molecule has 0 spiro atoms. The van der Waals surface area contributed by atoms with E-state index in [1.54, 1.807) is 46.2 Å². The van der Waals surface area contributed by atoms with Crippen molar-refractivity contribution >= 4 is 35.2 Å². The summed E-state index contributed by atoms with van der Waals surface area (Å²) >= 11 is 7.48. The number of hydrogen-bond acceptors (Lipinski definition) is 3. The van der Waals surface area contributed by atoms with Crippen molar-refractivity contribution < 1.29 is 14.0 Å². The zero-order chi connectivity index (χ0) is 19.2. The second kappa shape index (κ2) is 9.24. The van der Waals surface area contributed by atoms with Gasteiger partial charge in [-0.05, 0) is 42.5 Å². The van der Waals surface area contributed by atoms with Gasteiger partial charge in [0.15, 0.2) is 0 Å². The molecule has 7 heteroatoms. The minimum Gasteiger partial charge on any atom is -0.339 e. The van der Waals surface area contributed by atoms with Crippen LogP contribution in [0, 0.1) is 5.82 Å². The molecule has 1 fully saturated rings. The molecule has 1 saturated heterocycles. The van der Waals surface area contributed by atoms with Gasteiger partial charge in [-0.2, -0.15) is 0 Å². The van der Waals surface area contributed by atoms with Crippen LogP contribution in [0.3, 0.4) is 0 Å². The van der Waals surface area contributed by atoms with Crippen LogP contribution in [0.5, 0.6) is 0 Å². The van der Waals surface area contributed by atoms with E-state index in [1.807, 2.05) is 0 Å². The second-order valence-electron chi connectivity index (χ2n) is 6.24. The summed E-state index contributed by atoms with van der Waals surface area (Å²) < 4.78 is 12.9. The second-order valence-corrected chi connectivity index (χ2v) is 7.84. The fraction of sp³-hybridized carbons (Fsp3) is 0.300. The zero-order valence-corrected chi connectivity index (χ0v) is 16.3. The molecule has 1 heterocycles. The highest BCUT2D eigenvalue weighted by Gasteiger charge is 2.24. The van der Waals surface area contributed by atoms with Crippen molar-refractivity contribution in [1.82, 2.24) is 9.80 Å². The minimum atomic E-state index is -0.263. The lowest BCUT2D eigenvalue weighted by molar-refractivity contribution is -0.132. The summed E-state index contributed by atoms with van der Waals surface area (Å²) in [5.74, 6) is 0.406. The van der Waals surface area contributed by atoms with Crippen molar-refractivity contribution in [3.8, 4) is 0 Å². The van der Waals surface area contributed by atoms with Gasteiger partial charge in [0.2, 0.25) is 5.91 Å². The van der Waals surface area contributed by atoms with Crippen molar-refractivity contribution in [2.24, 2.45) is 0 Å². The Balaban J connectivity index is 1.43. The number of carbonyl (C=O) groups is 2. The normalized spacial score (nSPS) is 14.3. The summed E-state index contributed by atoms with van der Waals surface area (Å²) in [4.78, 5) is 29.4. The van der Waals surface area contributed by atoms with E-state index in [4.69, 9.17) is 11.6 Å². The van der Waals surface area contributed by atoms with E-state index in [0.717, 1.165) is 4.90 Å². The molecule has 1 aliphatic rings. The van der Waals surface area contributed by atoms with Crippen LogP contribution in [0.1, 0.15) is 16.8 Å². The molecule has 0 atom stereocenters. The van der Waals surface area contributed by atoms with Crippen molar-refractivity contribution in [2.45, 2.75) is 11.3 Å². The Kier molecular flexibility index (Phi) is 6.74. The third-order valence-corrected chi connectivity index (χ3v) is 5.64.